The van der Waals surface area contributed by atoms with Gasteiger partial charge in [-0.1, -0.05) is 31.4 Å². The van der Waals surface area contributed by atoms with Crippen molar-refractivity contribution in [1.29, 1.82) is 0 Å². The van der Waals surface area contributed by atoms with Crippen molar-refractivity contribution in [3.63, 3.8) is 0 Å². The maximum atomic E-state index is 13.1. The third kappa shape index (κ3) is 5.67. The molecule has 1 N–H and O–H groups in total. The first-order valence-electron chi connectivity index (χ1n) is 11.6. The molecule has 1 aromatic heterocycles. The van der Waals surface area contributed by atoms with E-state index in [-0.39, 0.29) is 11.7 Å². The Morgan fingerprint density at radius 3 is 2.42 bits per heavy atom. The van der Waals surface area contributed by atoms with Gasteiger partial charge in [0.2, 0.25) is 5.91 Å². The molecule has 1 atom stereocenters. The summed E-state index contributed by atoms with van der Waals surface area (Å²) in [6.45, 7) is 6.68. The number of hydrogen-bond donors (Lipinski definition) is 1. The molecule has 166 valence electrons. The molecule has 1 aromatic carbocycles. The van der Waals surface area contributed by atoms with E-state index in [2.05, 4.69) is 10.2 Å². The van der Waals surface area contributed by atoms with Crippen LogP contribution in [0.2, 0.25) is 0 Å². The Hall–Kier alpha value is -2.34. The standard InChI is InChI=1S/C25H33FN4O/c1-17-23(14-24(31)29-22-6-4-3-5-7-22)18(2)28-25(27-17)20-12-13-30(16-20)15-19-8-10-21(26)11-9-19/h8-11,20,22H,3-7,12-16H2,1-2H3,(H,29,31)/t20-/m1/s1. The van der Waals surface area contributed by atoms with E-state index < -0.39 is 0 Å². The number of nitrogens with one attached hydrogen (secondary N) is 1. The fourth-order valence-electron chi connectivity index (χ4n) is 4.93. The minimum atomic E-state index is -0.199. The molecule has 4 rings (SSSR count). The largest absolute Gasteiger partial charge is 0.353 e. The molecular formula is C25H33FN4O. The van der Waals surface area contributed by atoms with Crippen LogP contribution >= 0.6 is 0 Å². The summed E-state index contributed by atoms with van der Waals surface area (Å²) in [5, 5.41) is 3.20. The van der Waals surface area contributed by atoms with Gasteiger partial charge in [0.1, 0.15) is 11.6 Å². The maximum Gasteiger partial charge on any atom is 0.224 e. The Labute approximate surface area is 184 Å². The lowest BCUT2D eigenvalue weighted by Gasteiger charge is -2.23. The van der Waals surface area contributed by atoms with E-state index >= 15 is 0 Å². The molecule has 2 heterocycles. The number of nitrogens with zero attached hydrogens (tertiary/aromatic N) is 3. The molecule has 2 fully saturated rings. The van der Waals surface area contributed by atoms with E-state index in [9.17, 15) is 9.18 Å². The van der Waals surface area contributed by atoms with Crippen LogP contribution in [0.4, 0.5) is 4.39 Å². The monoisotopic (exact) mass is 424 g/mol. The molecule has 0 spiro atoms. The number of likely N-dealkylation sites (tertiary alicyclic amines) is 1. The second-order valence-electron chi connectivity index (χ2n) is 9.16. The Kier molecular flexibility index (Phi) is 6.96. The van der Waals surface area contributed by atoms with Gasteiger partial charge in [-0.25, -0.2) is 14.4 Å². The van der Waals surface area contributed by atoms with Crippen molar-refractivity contribution < 1.29 is 9.18 Å². The Morgan fingerprint density at radius 1 is 1.06 bits per heavy atom. The van der Waals surface area contributed by atoms with E-state index in [1.165, 1.54) is 31.4 Å². The lowest BCUT2D eigenvalue weighted by atomic mass is 9.95. The van der Waals surface area contributed by atoms with Crippen molar-refractivity contribution in [2.24, 2.45) is 0 Å². The summed E-state index contributed by atoms with van der Waals surface area (Å²) in [4.78, 5) is 24.5. The molecular weight excluding hydrogens is 391 g/mol. The molecule has 1 aliphatic heterocycles. The molecule has 1 aliphatic carbocycles. The van der Waals surface area contributed by atoms with Crippen molar-refractivity contribution in [1.82, 2.24) is 20.2 Å². The van der Waals surface area contributed by atoms with Gasteiger partial charge >= 0.3 is 0 Å². The Balaban J connectivity index is 1.36. The number of carbonyl (C=O) groups excluding carboxylic acids is 1. The van der Waals surface area contributed by atoms with Gasteiger partial charge in [0.25, 0.3) is 0 Å². The number of benzene rings is 1. The number of amides is 1. The normalized spacial score (nSPS) is 20.2. The van der Waals surface area contributed by atoms with Gasteiger partial charge in [0, 0.05) is 42.0 Å². The van der Waals surface area contributed by atoms with Crippen LogP contribution in [0.3, 0.4) is 0 Å². The summed E-state index contributed by atoms with van der Waals surface area (Å²) in [7, 11) is 0. The minimum absolute atomic E-state index is 0.0841. The van der Waals surface area contributed by atoms with Crippen LogP contribution in [0.1, 0.15) is 72.8 Å². The first-order chi connectivity index (χ1) is 15.0. The van der Waals surface area contributed by atoms with Crippen LogP contribution in [-0.2, 0) is 17.8 Å². The predicted molar refractivity (Wildman–Crippen MR) is 119 cm³/mol. The van der Waals surface area contributed by atoms with E-state index in [0.717, 1.165) is 67.2 Å². The molecule has 2 aromatic rings. The molecule has 2 aliphatic rings. The van der Waals surface area contributed by atoms with Gasteiger partial charge in [0.05, 0.1) is 6.42 Å². The molecule has 0 bridgehead atoms. The molecule has 0 radical (unpaired) electrons. The number of rotatable bonds is 6. The van der Waals surface area contributed by atoms with Crippen LogP contribution in [-0.4, -0.2) is 39.9 Å². The summed E-state index contributed by atoms with van der Waals surface area (Å²) in [5.41, 5.74) is 3.91. The van der Waals surface area contributed by atoms with Crippen LogP contribution in [0.25, 0.3) is 0 Å². The lowest BCUT2D eigenvalue weighted by molar-refractivity contribution is -0.121. The second kappa shape index (κ2) is 9.86. The third-order valence-electron chi connectivity index (χ3n) is 6.70. The molecule has 1 amide bonds. The van der Waals surface area contributed by atoms with E-state index in [1.807, 2.05) is 26.0 Å². The summed E-state index contributed by atoms with van der Waals surface area (Å²) in [6.07, 6.45) is 7.25. The van der Waals surface area contributed by atoms with Crippen LogP contribution in [0, 0.1) is 19.7 Å². The van der Waals surface area contributed by atoms with Gasteiger partial charge in [-0.15, -0.1) is 0 Å². The summed E-state index contributed by atoms with van der Waals surface area (Å²) in [6, 6.07) is 7.05. The van der Waals surface area contributed by atoms with Crippen LogP contribution < -0.4 is 5.32 Å². The van der Waals surface area contributed by atoms with E-state index in [4.69, 9.17) is 9.97 Å². The fraction of sp³-hybridized carbons (Fsp3) is 0.560. The molecule has 1 saturated carbocycles. The summed E-state index contributed by atoms with van der Waals surface area (Å²) >= 11 is 0. The fourth-order valence-corrected chi connectivity index (χ4v) is 4.93. The number of aromatic nitrogens is 2. The molecule has 1 saturated heterocycles. The van der Waals surface area contributed by atoms with E-state index in [1.54, 1.807) is 0 Å². The first kappa shape index (κ1) is 21.9. The summed E-state index contributed by atoms with van der Waals surface area (Å²) < 4.78 is 13.1. The molecule has 6 heteroatoms. The zero-order chi connectivity index (χ0) is 21.8. The Bertz CT molecular complexity index is 885. The van der Waals surface area contributed by atoms with Crippen molar-refractivity contribution >= 4 is 5.91 Å². The van der Waals surface area contributed by atoms with Gasteiger partial charge in [-0.2, -0.15) is 0 Å². The zero-order valence-corrected chi connectivity index (χ0v) is 18.7. The molecule has 0 unspecified atom stereocenters. The highest BCUT2D eigenvalue weighted by molar-refractivity contribution is 5.79. The number of hydrogen-bond acceptors (Lipinski definition) is 4. The maximum absolute atomic E-state index is 13.1. The SMILES string of the molecule is Cc1nc([C@@H]2CCN(Cc3ccc(F)cc3)C2)nc(C)c1CC(=O)NC1CCCCC1. The quantitative estimate of drug-likeness (QED) is 0.755. The first-order valence-corrected chi connectivity index (χ1v) is 11.6. The van der Waals surface area contributed by atoms with Crippen LogP contribution in [0.15, 0.2) is 24.3 Å². The van der Waals surface area contributed by atoms with Crippen molar-refractivity contribution in [3.05, 3.63) is 58.4 Å². The van der Waals surface area contributed by atoms with Gasteiger partial charge in [-0.3, -0.25) is 9.69 Å². The van der Waals surface area contributed by atoms with Gasteiger partial charge in [-0.05, 0) is 57.4 Å². The average molecular weight is 425 g/mol. The molecule has 31 heavy (non-hydrogen) atoms. The van der Waals surface area contributed by atoms with Crippen molar-refractivity contribution in [2.75, 3.05) is 13.1 Å². The number of carbonyl (C=O) groups is 1. The lowest BCUT2D eigenvalue weighted by Crippen LogP contribution is -2.37. The Morgan fingerprint density at radius 2 is 1.74 bits per heavy atom. The topological polar surface area (TPSA) is 58.1 Å². The van der Waals surface area contributed by atoms with Gasteiger partial charge < -0.3 is 5.32 Å². The summed E-state index contributed by atoms with van der Waals surface area (Å²) in [5.74, 6) is 1.06. The predicted octanol–water partition coefficient (Wildman–Crippen LogP) is 4.21. The van der Waals surface area contributed by atoms with E-state index in [0.29, 0.717) is 18.4 Å². The molecule has 5 nitrogen and oxygen atoms in total. The van der Waals surface area contributed by atoms with Crippen LogP contribution in [0.5, 0.6) is 0 Å². The van der Waals surface area contributed by atoms with Crippen molar-refractivity contribution in [2.45, 2.75) is 77.3 Å². The highest BCUT2D eigenvalue weighted by atomic mass is 19.1. The number of halogens is 1. The number of aryl methyl sites for hydroxylation is 2. The van der Waals surface area contributed by atoms with Gasteiger partial charge in [0.15, 0.2) is 0 Å². The average Bonchev–Trinajstić information content (AvgIpc) is 3.21. The highest BCUT2D eigenvalue weighted by Gasteiger charge is 2.27. The smallest absolute Gasteiger partial charge is 0.224 e. The zero-order valence-electron chi connectivity index (χ0n) is 18.7. The van der Waals surface area contributed by atoms with Crippen molar-refractivity contribution in [3.8, 4) is 0 Å². The third-order valence-corrected chi connectivity index (χ3v) is 6.70. The second-order valence-corrected chi connectivity index (χ2v) is 9.16. The highest BCUT2D eigenvalue weighted by Crippen LogP contribution is 2.27. The minimum Gasteiger partial charge on any atom is -0.353 e.